The SMILES string of the molecule is OC1(c2ccc(F)cc2)CCCc2cccnc21. The molecule has 0 radical (unpaired) electrons. The zero-order valence-electron chi connectivity index (χ0n) is 9.94. The van der Waals surface area contributed by atoms with Crippen molar-refractivity contribution in [2.45, 2.75) is 24.9 Å². The number of fused-ring (bicyclic) bond motifs is 1. The predicted octanol–water partition coefficient (Wildman–Crippen LogP) is 2.79. The van der Waals surface area contributed by atoms with Gasteiger partial charge in [-0.2, -0.15) is 0 Å². The standard InChI is InChI=1S/C15H14FNO/c16-13-7-5-12(6-8-13)15(18)9-1-3-11-4-2-10-17-14(11)15/h2,4-8,10,18H,1,3,9H2. The lowest BCUT2D eigenvalue weighted by Crippen LogP contribution is -2.33. The molecule has 0 saturated heterocycles. The summed E-state index contributed by atoms with van der Waals surface area (Å²) in [7, 11) is 0. The highest BCUT2D eigenvalue weighted by Gasteiger charge is 2.37. The molecular formula is C15H14FNO. The van der Waals surface area contributed by atoms with Crippen LogP contribution in [-0.2, 0) is 12.0 Å². The quantitative estimate of drug-likeness (QED) is 0.835. The van der Waals surface area contributed by atoms with Crippen molar-refractivity contribution in [3.8, 4) is 0 Å². The first-order chi connectivity index (χ1) is 8.70. The molecule has 18 heavy (non-hydrogen) atoms. The van der Waals surface area contributed by atoms with Crippen molar-refractivity contribution in [1.82, 2.24) is 4.98 Å². The highest BCUT2D eigenvalue weighted by atomic mass is 19.1. The van der Waals surface area contributed by atoms with Crippen molar-refractivity contribution in [2.75, 3.05) is 0 Å². The molecule has 0 aliphatic heterocycles. The molecule has 3 heteroatoms. The number of aliphatic hydroxyl groups is 1. The van der Waals surface area contributed by atoms with E-state index in [4.69, 9.17) is 0 Å². The molecule has 0 bridgehead atoms. The van der Waals surface area contributed by atoms with Gasteiger partial charge in [0.2, 0.25) is 0 Å². The molecule has 1 atom stereocenters. The second-order valence-corrected chi connectivity index (χ2v) is 4.73. The van der Waals surface area contributed by atoms with Crippen molar-refractivity contribution in [1.29, 1.82) is 0 Å². The maximum atomic E-state index is 13.0. The second-order valence-electron chi connectivity index (χ2n) is 4.73. The maximum absolute atomic E-state index is 13.0. The molecule has 0 saturated carbocycles. The number of hydrogen-bond acceptors (Lipinski definition) is 2. The van der Waals surface area contributed by atoms with Gasteiger partial charge in [0.1, 0.15) is 11.4 Å². The van der Waals surface area contributed by atoms with Gasteiger partial charge in [0.25, 0.3) is 0 Å². The minimum atomic E-state index is -1.08. The fourth-order valence-electron chi connectivity index (χ4n) is 2.67. The molecule has 92 valence electrons. The molecule has 1 aromatic carbocycles. The molecule has 0 fully saturated rings. The summed E-state index contributed by atoms with van der Waals surface area (Å²) < 4.78 is 13.0. The molecule has 3 rings (SSSR count). The Kier molecular flexibility index (Phi) is 2.63. The summed E-state index contributed by atoms with van der Waals surface area (Å²) in [5.41, 5.74) is 1.42. The lowest BCUT2D eigenvalue weighted by atomic mass is 9.78. The number of pyridine rings is 1. The zero-order valence-corrected chi connectivity index (χ0v) is 9.94. The zero-order chi connectivity index (χ0) is 12.6. The number of halogens is 1. The minimum absolute atomic E-state index is 0.292. The average Bonchev–Trinajstić information content (AvgIpc) is 2.40. The van der Waals surface area contributed by atoms with Crippen LogP contribution >= 0.6 is 0 Å². The lowest BCUT2D eigenvalue weighted by Gasteiger charge is -2.33. The number of hydrogen-bond donors (Lipinski definition) is 1. The summed E-state index contributed by atoms with van der Waals surface area (Å²) in [6.07, 6.45) is 4.17. The van der Waals surface area contributed by atoms with Crippen LogP contribution in [0, 0.1) is 5.82 Å². The van der Waals surface area contributed by atoms with Crippen molar-refractivity contribution in [3.05, 3.63) is 65.2 Å². The van der Waals surface area contributed by atoms with Gasteiger partial charge >= 0.3 is 0 Å². The minimum Gasteiger partial charge on any atom is -0.379 e. The van der Waals surface area contributed by atoms with Crippen LogP contribution < -0.4 is 0 Å². The Bertz CT molecular complexity index is 567. The highest BCUT2D eigenvalue weighted by Crippen LogP contribution is 2.39. The Hall–Kier alpha value is -1.74. The largest absolute Gasteiger partial charge is 0.379 e. The third kappa shape index (κ3) is 1.71. The van der Waals surface area contributed by atoms with Crippen LogP contribution in [0.1, 0.15) is 29.7 Å². The average molecular weight is 243 g/mol. The Balaban J connectivity index is 2.13. The molecule has 2 nitrogen and oxygen atoms in total. The monoisotopic (exact) mass is 243 g/mol. The molecule has 1 unspecified atom stereocenters. The number of aromatic nitrogens is 1. The Morgan fingerprint density at radius 1 is 1.17 bits per heavy atom. The molecule has 1 N–H and O–H groups in total. The summed E-state index contributed by atoms with van der Waals surface area (Å²) in [5, 5.41) is 10.9. The van der Waals surface area contributed by atoms with E-state index in [1.165, 1.54) is 12.1 Å². The summed E-state index contributed by atoms with van der Waals surface area (Å²) in [6.45, 7) is 0. The molecule has 1 aliphatic carbocycles. The van der Waals surface area contributed by atoms with E-state index in [-0.39, 0.29) is 5.82 Å². The van der Waals surface area contributed by atoms with E-state index < -0.39 is 5.60 Å². The van der Waals surface area contributed by atoms with Gasteiger partial charge in [0.15, 0.2) is 0 Å². The molecular weight excluding hydrogens is 229 g/mol. The summed E-state index contributed by atoms with van der Waals surface area (Å²) in [4.78, 5) is 4.33. The van der Waals surface area contributed by atoms with Gasteiger partial charge in [-0.1, -0.05) is 18.2 Å². The Morgan fingerprint density at radius 2 is 1.94 bits per heavy atom. The van der Waals surface area contributed by atoms with Gasteiger partial charge in [-0.05, 0) is 48.6 Å². The van der Waals surface area contributed by atoms with Gasteiger partial charge in [0.05, 0.1) is 5.69 Å². The first kappa shape index (κ1) is 11.4. The smallest absolute Gasteiger partial charge is 0.132 e. The van der Waals surface area contributed by atoms with Gasteiger partial charge in [-0.3, -0.25) is 4.98 Å². The van der Waals surface area contributed by atoms with Crippen LogP contribution in [0.4, 0.5) is 4.39 Å². The van der Waals surface area contributed by atoms with Crippen molar-refractivity contribution in [2.24, 2.45) is 0 Å². The van der Waals surface area contributed by atoms with Crippen molar-refractivity contribution in [3.63, 3.8) is 0 Å². The molecule has 1 aliphatic rings. The maximum Gasteiger partial charge on any atom is 0.132 e. The molecule has 2 aromatic rings. The normalized spacial score (nSPS) is 22.6. The number of benzene rings is 1. The number of aryl methyl sites for hydroxylation is 1. The highest BCUT2D eigenvalue weighted by molar-refractivity contribution is 5.38. The van der Waals surface area contributed by atoms with Gasteiger partial charge in [0, 0.05) is 6.20 Å². The molecule has 1 heterocycles. The van der Waals surface area contributed by atoms with E-state index in [2.05, 4.69) is 4.98 Å². The van der Waals surface area contributed by atoms with E-state index >= 15 is 0 Å². The second kappa shape index (κ2) is 4.18. The molecule has 0 amide bonds. The van der Waals surface area contributed by atoms with E-state index in [1.807, 2.05) is 12.1 Å². The first-order valence-corrected chi connectivity index (χ1v) is 6.13. The van der Waals surface area contributed by atoms with Crippen LogP contribution in [-0.4, -0.2) is 10.1 Å². The number of nitrogens with zero attached hydrogens (tertiary/aromatic N) is 1. The van der Waals surface area contributed by atoms with E-state index in [9.17, 15) is 9.50 Å². The predicted molar refractivity (Wildman–Crippen MR) is 66.6 cm³/mol. The third-order valence-corrected chi connectivity index (χ3v) is 3.59. The van der Waals surface area contributed by atoms with Gasteiger partial charge in [-0.15, -0.1) is 0 Å². The van der Waals surface area contributed by atoms with Gasteiger partial charge < -0.3 is 5.11 Å². The lowest BCUT2D eigenvalue weighted by molar-refractivity contribution is 0.0567. The van der Waals surface area contributed by atoms with Crippen LogP contribution in [0.15, 0.2) is 42.6 Å². The summed E-state index contributed by atoms with van der Waals surface area (Å²) in [6, 6.07) is 9.92. The molecule has 1 aromatic heterocycles. The van der Waals surface area contributed by atoms with Gasteiger partial charge in [-0.25, -0.2) is 4.39 Å². The van der Waals surface area contributed by atoms with Crippen molar-refractivity contribution >= 4 is 0 Å². The van der Waals surface area contributed by atoms with E-state index in [0.717, 1.165) is 18.4 Å². The number of rotatable bonds is 1. The summed E-state index contributed by atoms with van der Waals surface area (Å²) in [5.74, 6) is -0.292. The van der Waals surface area contributed by atoms with Crippen LogP contribution in [0.3, 0.4) is 0 Å². The van der Waals surface area contributed by atoms with Crippen LogP contribution in [0.25, 0.3) is 0 Å². The van der Waals surface area contributed by atoms with Crippen LogP contribution in [0.2, 0.25) is 0 Å². The van der Waals surface area contributed by atoms with E-state index in [1.54, 1.807) is 18.3 Å². The van der Waals surface area contributed by atoms with Crippen molar-refractivity contribution < 1.29 is 9.50 Å². The topological polar surface area (TPSA) is 33.1 Å². The third-order valence-electron chi connectivity index (χ3n) is 3.59. The fourth-order valence-corrected chi connectivity index (χ4v) is 2.67. The van der Waals surface area contributed by atoms with E-state index in [0.29, 0.717) is 17.7 Å². The Morgan fingerprint density at radius 3 is 2.72 bits per heavy atom. The summed E-state index contributed by atoms with van der Waals surface area (Å²) >= 11 is 0. The first-order valence-electron chi connectivity index (χ1n) is 6.13. The fraction of sp³-hybridized carbons (Fsp3) is 0.267. The Labute approximate surface area is 105 Å². The molecule has 0 spiro atoms. The van der Waals surface area contributed by atoms with Crippen LogP contribution in [0.5, 0.6) is 0 Å².